The Hall–Kier alpha value is -3.15. The van der Waals surface area contributed by atoms with Crippen LogP contribution in [0.1, 0.15) is 73.3 Å². The minimum absolute atomic E-state index is 0.00158. The van der Waals surface area contributed by atoms with Crippen LogP contribution in [0.15, 0.2) is 35.2 Å². The number of fused-ring (bicyclic) bond motifs is 1. The molecule has 206 valence electrons. The third-order valence-corrected chi connectivity index (χ3v) is 10.1. The summed E-state index contributed by atoms with van der Waals surface area (Å²) in [6.45, 7) is 7.86. The van der Waals surface area contributed by atoms with Crippen LogP contribution in [0.2, 0.25) is 0 Å². The molecule has 1 aliphatic carbocycles. The topological polar surface area (TPSA) is 121 Å². The lowest BCUT2D eigenvalue weighted by atomic mass is 10.0. The number of benzene rings is 1. The van der Waals surface area contributed by atoms with Crippen molar-refractivity contribution in [3.8, 4) is 10.4 Å². The lowest BCUT2D eigenvalue weighted by Gasteiger charge is -2.24. The minimum atomic E-state index is -3.88. The molecule has 3 heterocycles. The number of sulfonamides is 1. The second-order valence-electron chi connectivity index (χ2n) is 10.5. The molecule has 2 N–H and O–H groups in total. The number of amides is 1. The molecule has 0 spiro atoms. The number of aryl methyl sites for hydroxylation is 1. The number of hydrogen-bond donors (Lipinski definition) is 2. The SMILES string of the molecule is CNS(=O)(=O)c1cc(-c2sc(Nc3cccc(C(C)CC(C)=O)n3)nc2C)cc2c1C(=O)N([C@@H](C)C1CC1)C2. The Morgan fingerprint density at radius 3 is 2.62 bits per heavy atom. The van der Waals surface area contributed by atoms with Crippen molar-refractivity contribution in [2.24, 2.45) is 5.92 Å². The van der Waals surface area contributed by atoms with Crippen LogP contribution in [0, 0.1) is 12.8 Å². The van der Waals surface area contributed by atoms with Crippen LogP contribution in [0.5, 0.6) is 0 Å². The average Bonchev–Trinajstić information content (AvgIpc) is 3.61. The summed E-state index contributed by atoms with van der Waals surface area (Å²) in [4.78, 5) is 36.9. The van der Waals surface area contributed by atoms with E-state index in [1.807, 2.05) is 45.0 Å². The van der Waals surface area contributed by atoms with Crippen LogP contribution in [0.3, 0.4) is 0 Å². The summed E-state index contributed by atoms with van der Waals surface area (Å²) in [6.07, 6.45) is 2.61. The number of hydrogen-bond acceptors (Lipinski definition) is 8. The zero-order valence-electron chi connectivity index (χ0n) is 22.7. The van der Waals surface area contributed by atoms with Crippen molar-refractivity contribution in [1.29, 1.82) is 0 Å². The maximum absolute atomic E-state index is 13.4. The van der Waals surface area contributed by atoms with Gasteiger partial charge in [-0.2, -0.15) is 0 Å². The smallest absolute Gasteiger partial charge is 0.256 e. The van der Waals surface area contributed by atoms with Crippen molar-refractivity contribution >= 4 is 44.0 Å². The van der Waals surface area contributed by atoms with Gasteiger partial charge in [0.1, 0.15) is 11.6 Å². The van der Waals surface area contributed by atoms with Crippen LogP contribution in [0.4, 0.5) is 10.9 Å². The Labute approximate surface area is 233 Å². The first-order valence-electron chi connectivity index (χ1n) is 13.1. The molecule has 0 bridgehead atoms. The predicted octanol–water partition coefficient (Wildman–Crippen LogP) is 5.00. The van der Waals surface area contributed by atoms with E-state index in [-0.39, 0.29) is 34.1 Å². The Bertz CT molecular complexity index is 1560. The molecule has 1 fully saturated rings. The van der Waals surface area contributed by atoms with E-state index >= 15 is 0 Å². The molecule has 2 atom stereocenters. The first-order chi connectivity index (χ1) is 18.5. The van der Waals surface area contributed by atoms with E-state index in [0.29, 0.717) is 35.4 Å². The van der Waals surface area contributed by atoms with Crippen molar-refractivity contribution in [2.75, 3.05) is 12.4 Å². The Kier molecular flexibility index (Phi) is 7.34. The number of pyridine rings is 1. The molecular weight excluding hydrogens is 534 g/mol. The zero-order chi connectivity index (χ0) is 28.1. The van der Waals surface area contributed by atoms with Crippen molar-refractivity contribution in [2.45, 2.75) is 70.4 Å². The summed E-state index contributed by atoms with van der Waals surface area (Å²) in [6, 6.07) is 9.22. The first kappa shape index (κ1) is 27.4. The van der Waals surface area contributed by atoms with Gasteiger partial charge in [-0.05, 0) is 82.0 Å². The average molecular weight is 568 g/mol. The monoisotopic (exact) mass is 567 g/mol. The van der Waals surface area contributed by atoms with Gasteiger partial charge in [0, 0.05) is 30.6 Å². The quantitative estimate of drug-likeness (QED) is 0.354. The van der Waals surface area contributed by atoms with E-state index in [2.05, 4.69) is 20.0 Å². The minimum Gasteiger partial charge on any atom is -0.331 e. The highest BCUT2D eigenvalue weighted by Gasteiger charge is 2.41. The molecule has 0 radical (unpaired) electrons. The molecule has 11 heteroatoms. The summed E-state index contributed by atoms with van der Waals surface area (Å²) in [5.74, 6) is 0.983. The fourth-order valence-electron chi connectivity index (χ4n) is 5.21. The summed E-state index contributed by atoms with van der Waals surface area (Å²) in [5, 5.41) is 3.87. The second-order valence-corrected chi connectivity index (χ2v) is 13.4. The van der Waals surface area contributed by atoms with Crippen molar-refractivity contribution in [3.63, 3.8) is 0 Å². The summed E-state index contributed by atoms with van der Waals surface area (Å²) in [5.41, 5.74) is 3.25. The van der Waals surface area contributed by atoms with E-state index in [4.69, 9.17) is 0 Å². The molecule has 1 saturated carbocycles. The third-order valence-electron chi connectivity index (χ3n) is 7.52. The van der Waals surface area contributed by atoms with Gasteiger partial charge in [-0.3, -0.25) is 4.79 Å². The van der Waals surface area contributed by atoms with Gasteiger partial charge in [0.2, 0.25) is 10.0 Å². The van der Waals surface area contributed by atoms with Crippen molar-refractivity contribution < 1.29 is 18.0 Å². The van der Waals surface area contributed by atoms with Gasteiger partial charge < -0.3 is 15.0 Å². The van der Waals surface area contributed by atoms with Crippen molar-refractivity contribution in [3.05, 3.63) is 52.8 Å². The molecule has 1 unspecified atom stereocenters. The molecule has 5 rings (SSSR count). The number of Topliss-reactive ketones (excluding diaryl/α,β-unsaturated/α-hetero) is 1. The number of anilines is 2. The molecule has 1 aromatic carbocycles. The maximum atomic E-state index is 13.4. The van der Waals surface area contributed by atoms with Crippen LogP contribution < -0.4 is 10.0 Å². The van der Waals surface area contributed by atoms with Gasteiger partial charge >= 0.3 is 0 Å². The predicted molar refractivity (Wildman–Crippen MR) is 152 cm³/mol. The van der Waals surface area contributed by atoms with Crippen LogP contribution in [-0.2, 0) is 21.4 Å². The summed E-state index contributed by atoms with van der Waals surface area (Å²) < 4.78 is 28.5. The highest BCUT2D eigenvalue weighted by atomic mass is 32.2. The second kappa shape index (κ2) is 10.4. The Balaban J connectivity index is 1.48. The number of thiazole rings is 1. The molecule has 2 aromatic heterocycles. The van der Waals surface area contributed by atoms with Crippen molar-refractivity contribution in [1.82, 2.24) is 19.6 Å². The fourth-order valence-corrected chi connectivity index (χ4v) is 7.16. The number of rotatable bonds is 10. The standard InChI is InChI=1S/C28H33N5O4S2/c1-15(11-16(2)34)22-7-6-8-24(31-22)32-28-30-17(3)26(38-28)20-12-21-14-33(18(4)19-9-10-19)27(35)25(21)23(13-20)39(36,37)29-5/h6-8,12-13,15,18-19,29H,9-11,14H2,1-5H3,(H,30,31,32)/t15?,18-/m0/s1. The highest BCUT2D eigenvalue weighted by Crippen LogP contribution is 2.42. The molecule has 2 aliphatic rings. The fraction of sp³-hybridized carbons (Fsp3) is 0.429. The number of nitrogens with zero attached hydrogens (tertiary/aromatic N) is 3. The van der Waals surface area contributed by atoms with Gasteiger partial charge in [0.25, 0.3) is 5.91 Å². The van der Waals surface area contributed by atoms with Gasteiger partial charge in [0.05, 0.1) is 21.0 Å². The molecule has 3 aromatic rings. The molecule has 1 amide bonds. The number of nitrogens with one attached hydrogen (secondary N) is 2. The Morgan fingerprint density at radius 1 is 1.21 bits per heavy atom. The first-order valence-corrected chi connectivity index (χ1v) is 15.4. The lowest BCUT2D eigenvalue weighted by Crippen LogP contribution is -2.35. The van der Waals surface area contributed by atoms with E-state index in [1.54, 1.807) is 17.9 Å². The zero-order valence-corrected chi connectivity index (χ0v) is 24.4. The lowest BCUT2D eigenvalue weighted by molar-refractivity contribution is -0.117. The third kappa shape index (κ3) is 5.48. The van der Waals surface area contributed by atoms with Gasteiger partial charge in [-0.25, -0.2) is 23.1 Å². The van der Waals surface area contributed by atoms with Gasteiger partial charge in [-0.1, -0.05) is 24.3 Å². The highest BCUT2D eigenvalue weighted by molar-refractivity contribution is 7.89. The Morgan fingerprint density at radius 2 is 1.95 bits per heavy atom. The van der Waals surface area contributed by atoms with Crippen LogP contribution in [-0.4, -0.2) is 48.1 Å². The van der Waals surface area contributed by atoms with E-state index in [9.17, 15) is 18.0 Å². The summed E-state index contributed by atoms with van der Waals surface area (Å²) in [7, 11) is -2.52. The number of ketones is 1. The van der Waals surface area contributed by atoms with Gasteiger partial charge in [0.15, 0.2) is 5.13 Å². The molecule has 39 heavy (non-hydrogen) atoms. The molecule has 0 saturated heterocycles. The number of carbonyl (C=O) groups is 2. The molecular formula is C28H33N5O4S2. The van der Waals surface area contributed by atoms with E-state index < -0.39 is 10.0 Å². The van der Waals surface area contributed by atoms with E-state index in [0.717, 1.165) is 34.7 Å². The number of carbonyl (C=O) groups excluding carboxylic acids is 2. The molecule has 1 aliphatic heterocycles. The largest absolute Gasteiger partial charge is 0.331 e. The maximum Gasteiger partial charge on any atom is 0.256 e. The number of aromatic nitrogens is 2. The normalized spacial score (nSPS) is 16.7. The molecule has 9 nitrogen and oxygen atoms in total. The summed E-state index contributed by atoms with van der Waals surface area (Å²) >= 11 is 1.40. The van der Waals surface area contributed by atoms with Crippen LogP contribution in [0.25, 0.3) is 10.4 Å². The van der Waals surface area contributed by atoms with Crippen LogP contribution >= 0.6 is 11.3 Å². The van der Waals surface area contributed by atoms with Gasteiger partial charge in [-0.15, -0.1) is 0 Å². The van der Waals surface area contributed by atoms with E-state index in [1.165, 1.54) is 18.4 Å².